The van der Waals surface area contributed by atoms with Crippen molar-refractivity contribution in [3.05, 3.63) is 52.0 Å². The molecule has 0 radical (unpaired) electrons. The summed E-state index contributed by atoms with van der Waals surface area (Å²) in [4.78, 5) is 19.1. The van der Waals surface area contributed by atoms with Crippen LogP contribution in [-0.2, 0) is 27.7 Å². The highest BCUT2D eigenvalue weighted by atomic mass is 32.2. The SMILES string of the molecule is Cc1ccsc1CN(Cc1ccccn1)C(=O)CS(C)(=O)=O. The lowest BCUT2D eigenvalue weighted by Crippen LogP contribution is -2.34. The number of rotatable bonds is 6. The Morgan fingerprint density at radius 3 is 2.59 bits per heavy atom. The van der Waals surface area contributed by atoms with Crippen molar-refractivity contribution in [2.75, 3.05) is 12.0 Å². The quantitative estimate of drug-likeness (QED) is 0.808. The number of carbonyl (C=O) groups excluding carboxylic acids is 1. The molecule has 22 heavy (non-hydrogen) atoms. The van der Waals surface area contributed by atoms with E-state index >= 15 is 0 Å². The van der Waals surface area contributed by atoms with Crippen LogP contribution in [0.5, 0.6) is 0 Å². The van der Waals surface area contributed by atoms with Gasteiger partial charge < -0.3 is 4.90 Å². The van der Waals surface area contributed by atoms with E-state index in [2.05, 4.69) is 4.98 Å². The van der Waals surface area contributed by atoms with Gasteiger partial charge in [-0.2, -0.15) is 0 Å². The molecule has 0 atom stereocenters. The second kappa shape index (κ2) is 7.02. The molecule has 0 spiro atoms. The molecule has 0 unspecified atom stereocenters. The predicted octanol–water partition coefficient (Wildman–Crippen LogP) is 2.02. The number of hydrogen-bond acceptors (Lipinski definition) is 5. The molecule has 7 heteroatoms. The monoisotopic (exact) mass is 338 g/mol. The molecule has 5 nitrogen and oxygen atoms in total. The highest BCUT2D eigenvalue weighted by molar-refractivity contribution is 7.91. The van der Waals surface area contributed by atoms with Gasteiger partial charge in [0.05, 0.1) is 18.8 Å². The number of carbonyl (C=O) groups is 1. The van der Waals surface area contributed by atoms with E-state index in [1.807, 2.05) is 30.5 Å². The topological polar surface area (TPSA) is 67.3 Å². The molecule has 0 aromatic carbocycles. The van der Waals surface area contributed by atoms with Crippen LogP contribution in [0.2, 0.25) is 0 Å². The molecule has 0 aliphatic heterocycles. The van der Waals surface area contributed by atoms with E-state index in [0.717, 1.165) is 22.4 Å². The number of sulfone groups is 1. The molecule has 118 valence electrons. The molecule has 2 heterocycles. The van der Waals surface area contributed by atoms with Gasteiger partial charge >= 0.3 is 0 Å². The fraction of sp³-hybridized carbons (Fsp3) is 0.333. The molecule has 2 aromatic rings. The fourth-order valence-electron chi connectivity index (χ4n) is 1.97. The molecular weight excluding hydrogens is 320 g/mol. The number of aryl methyl sites for hydroxylation is 1. The average Bonchev–Trinajstić information content (AvgIpc) is 2.83. The zero-order valence-corrected chi connectivity index (χ0v) is 14.2. The molecular formula is C15H18N2O3S2. The maximum absolute atomic E-state index is 12.3. The minimum atomic E-state index is -3.36. The molecule has 0 N–H and O–H groups in total. The van der Waals surface area contributed by atoms with Gasteiger partial charge in [-0.3, -0.25) is 9.78 Å². The van der Waals surface area contributed by atoms with Gasteiger partial charge in [0.15, 0.2) is 9.84 Å². The van der Waals surface area contributed by atoms with Gasteiger partial charge in [-0.05, 0) is 36.1 Å². The molecule has 0 bridgehead atoms. The molecule has 2 rings (SSSR count). The average molecular weight is 338 g/mol. The third kappa shape index (κ3) is 4.92. The van der Waals surface area contributed by atoms with Crippen molar-refractivity contribution < 1.29 is 13.2 Å². The van der Waals surface area contributed by atoms with Crippen LogP contribution in [-0.4, -0.2) is 36.2 Å². The van der Waals surface area contributed by atoms with Gasteiger partial charge in [-0.1, -0.05) is 6.07 Å². The summed E-state index contributed by atoms with van der Waals surface area (Å²) >= 11 is 1.56. The maximum Gasteiger partial charge on any atom is 0.238 e. The van der Waals surface area contributed by atoms with E-state index in [1.165, 1.54) is 0 Å². The van der Waals surface area contributed by atoms with Crippen molar-refractivity contribution in [1.82, 2.24) is 9.88 Å². The van der Waals surface area contributed by atoms with E-state index in [-0.39, 0.29) is 0 Å². The van der Waals surface area contributed by atoms with Gasteiger partial charge in [-0.15, -0.1) is 11.3 Å². The summed E-state index contributed by atoms with van der Waals surface area (Å²) < 4.78 is 22.8. The zero-order chi connectivity index (χ0) is 16.2. The largest absolute Gasteiger partial charge is 0.331 e. The first-order chi connectivity index (χ1) is 10.3. The third-order valence-electron chi connectivity index (χ3n) is 3.12. The van der Waals surface area contributed by atoms with Crippen molar-refractivity contribution in [2.24, 2.45) is 0 Å². The summed E-state index contributed by atoms with van der Waals surface area (Å²) in [5.74, 6) is -0.884. The van der Waals surface area contributed by atoms with E-state index in [9.17, 15) is 13.2 Å². The molecule has 0 saturated heterocycles. The third-order valence-corrected chi connectivity index (χ3v) is 4.90. The summed E-state index contributed by atoms with van der Waals surface area (Å²) in [5.41, 5.74) is 1.83. The standard InChI is InChI=1S/C15H18N2O3S2/c1-12-6-8-21-14(12)10-17(15(18)11-22(2,19)20)9-13-5-3-4-7-16-13/h3-8H,9-11H2,1-2H3. The van der Waals surface area contributed by atoms with Crippen LogP contribution < -0.4 is 0 Å². The van der Waals surface area contributed by atoms with Crippen LogP contribution in [0, 0.1) is 6.92 Å². The van der Waals surface area contributed by atoms with Crippen molar-refractivity contribution >= 4 is 27.1 Å². The molecule has 0 aliphatic rings. The lowest BCUT2D eigenvalue weighted by molar-refractivity contribution is -0.129. The second-order valence-electron chi connectivity index (χ2n) is 5.17. The summed E-state index contributed by atoms with van der Waals surface area (Å²) in [7, 11) is -3.36. The first-order valence-corrected chi connectivity index (χ1v) is 9.67. The number of nitrogens with zero attached hydrogens (tertiary/aromatic N) is 2. The molecule has 0 aliphatic carbocycles. The summed E-state index contributed by atoms with van der Waals surface area (Å²) in [6.07, 6.45) is 2.73. The summed E-state index contributed by atoms with van der Waals surface area (Å²) in [5, 5.41) is 1.96. The summed E-state index contributed by atoms with van der Waals surface area (Å²) in [6, 6.07) is 7.45. The van der Waals surface area contributed by atoms with Crippen LogP contribution in [0.15, 0.2) is 35.8 Å². The second-order valence-corrected chi connectivity index (χ2v) is 8.31. The molecule has 1 amide bonds. The Morgan fingerprint density at radius 2 is 2.05 bits per heavy atom. The van der Waals surface area contributed by atoms with E-state index in [4.69, 9.17) is 0 Å². The number of pyridine rings is 1. The lowest BCUT2D eigenvalue weighted by Gasteiger charge is -2.22. The van der Waals surface area contributed by atoms with Gasteiger partial charge in [0, 0.05) is 17.3 Å². The molecule has 2 aromatic heterocycles. The van der Waals surface area contributed by atoms with Crippen molar-refractivity contribution in [3.63, 3.8) is 0 Å². The summed E-state index contributed by atoms with van der Waals surface area (Å²) in [6.45, 7) is 2.67. The number of aromatic nitrogens is 1. The van der Waals surface area contributed by atoms with Crippen molar-refractivity contribution in [2.45, 2.75) is 20.0 Å². The Kier molecular flexibility index (Phi) is 5.31. The number of amides is 1. The smallest absolute Gasteiger partial charge is 0.238 e. The zero-order valence-electron chi connectivity index (χ0n) is 12.5. The first-order valence-electron chi connectivity index (χ1n) is 6.73. The van der Waals surface area contributed by atoms with E-state index < -0.39 is 21.5 Å². The fourth-order valence-corrected chi connectivity index (χ4v) is 3.53. The number of thiophene rings is 1. The van der Waals surface area contributed by atoms with Gasteiger partial charge in [0.1, 0.15) is 5.75 Å². The normalized spacial score (nSPS) is 11.4. The predicted molar refractivity (Wildman–Crippen MR) is 87.3 cm³/mol. The Hall–Kier alpha value is -1.73. The van der Waals surface area contributed by atoms with Gasteiger partial charge in [-0.25, -0.2) is 8.42 Å². The van der Waals surface area contributed by atoms with Crippen molar-refractivity contribution in [1.29, 1.82) is 0 Å². The molecule has 0 saturated carbocycles. The van der Waals surface area contributed by atoms with E-state index in [0.29, 0.717) is 13.1 Å². The Morgan fingerprint density at radius 1 is 1.27 bits per heavy atom. The minimum absolute atomic E-state index is 0.298. The van der Waals surface area contributed by atoms with Gasteiger partial charge in [0.2, 0.25) is 5.91 Å². The Bertz CT molecular complexity index is 739. The van der Waals surface area contributed by atoms with Crippen LogP contribution in [0.3, 0.4) is 0 Å². The van der Waals surface area contributed by atoms with Crippen molar-refractivity contribution in [3.8, 4) is 0 Å². The Balaban J connectivity index is 2.20. The Labute approximate surface area is 134 Å². The lowest BCUT2D eigenvalue weighted by atomic mass is 10.2. The highest BCUT2D eigenvalue weighted by Crippen LogP contribution is 2.19. The van der Waals surface area contributed by atoms with Crippen LogP contribution >= 0.6 is 11.3 Å². The molecule has 0 fully saturated rings. The van der Waals surface area contributed by atoms with Crippen LogP contribution in [0.1, 0.15) is 16.1 Å². The van der Waals surface area contributed by atoms with Crippen LogP contribution in [0.25, 0.3) is 0 Å². The number of hydrogen-bond donors (Lipinski definition) is 0. The van der Waals surface area contributed by atoms with E-state index in [1.54, 1.807) is 28.5 Å². The maximum atomic E-state index is 12.3. The van der Waals surface area contributed by atoms with Crippen LogP contribution in [0.4, 0.5) is 0 Å². The highest BCUT2D eigenvalue weighted by Gasteiger charge is 2.20. The first kappa shape index (κ1) is 16.6. The minimum Gasteiger partial charge on any atom is -0.331 e. The van der Waals surface area contributed by atoms with Gasteiger partial charge in [0.25, 0.3) is 0 Å².